The van der Waals surface area contributed by atoms with Crippen molar-refractivity contribution in [3.05, 3.63) is 54.1 Å². The number of aromatic hydroxyl groups is 1. The molecule has 2 aromatic rings. The maximum Gasteiger partial charge on any atom is 0.413 e. The lowest BCUT2D eigenvalue weighted by Gasteiger charge is -2.12. The molecule has 0 bridgehead atoms. The Bertz CT molecular complexity index is 767. The first-order valence-corrected chi connectivity index (χ1v) is 7.40. The molecule has 0 aliphatic heterocycles. The zero-order valence-electron chi connectivity index (χ0n) is 13.7. The highest BCUT2D eigenvalue weighted by Crippen LogP contribution is 2.22. The molecule has 130 valence electrons. The van der Waals surface area contributed by atoms with Crippen molar-refractivity contribution >= 4 is 18.0 Å². The number of carbonyl (C=O) groups excluding carboxylic acids is 3. The standard InChI is InChI=1S/C18H17NO6/c1-11(16(21)19-18(23)24-2)25-17(22)14-5-3-12(4-6-14)13-7-9-15(20)10-8-13/h3-11,20H,1-2H3,(H,19,21,23)/t11-/m0/s1. The molecule has 0 fully saturated rings. The van der Waals surface area contributed by atoms with E-state index in [-0.39, 0.29) is 11.3 Å². The van der Waals surface area contributed by atoms with Crippen LogP contribution in [0.4, 0.5) is 4.79 Å². The van der Waals surface area contributed by atoms with Gasteiger partial charge in [-0.3, -0.25) is 10.1 Å². The third-order valence-corrected chi connectivity index (χ3v) is 3.38. The zero-order valence-corrected chi connectivity index (χ0v) is 13.7. The van der Waals surface area contributed by atoms with Gasteiger partial charge in [-0.2, -0.15) is 0 Å². The molecule has 7 heteroatoms. The Morgan fingerprint density at radius 1 is 0.960 bits per heavy atom. The van der Waals surface area contributed by atoms with Gasteiger partial charge in [0.05, 0.1) is 12.7 Å². The highest BCUT2D eigenvalue weighted by molar-refractivity contribution is 5.97. The molecule has 2 aromatic carbocycles. The van der Waals surface area contributed by atoms with Crippen molar-refractivity contribution in [3.63, 3.8) is 0 Å². The number of nitrogens with one attached hydrogen (secondary N) is 1. The summed E-state index contributed by atoms with van der Waals surface area (Å²) in [7, 11) is 1.12. The Morgan fingerprint density at radius 3 is 2.00 bits per heavy atom. The molecule has 25 heavy (non-hydrogen) atoms. The SMILES string of the molecule is COC(=O)NC(=O)[C@H](C)OC(=O)c1ccc(-c2ccc(O)cc2)cc1. The van der Waals surface area contributed by atoms with Crippen LogP contribution in [0.5, 0.6) is 5.75 Å². The van der Waals surface area contributed by atoms with Gasteiger partial charge in [0.25, 0.3) is 5.91 Å². The Hall–Kier alpha value is -3.35. The molecule has 0 saturated heterocycles. The monoisotopic (exact) mass is 343 g/mol. The number of phenolic OH excluding ortho intramolecular Hbond substituents is 1. The van der Waals surface area contributed by atoms with E-state index < -0.39 is 24.1 Å². The van der Waals surface area contributed by atoms with Gasteiger partial charge < -0.3 is 14.6 Å². The summed E-state index contributed by atoms with van der Waals surface area (Å²) in [5.74, 6) is -1.30. The fraction of sp³-hybridized carbons (Fsp3) is 0.167. The summed E-state index contributed by atoms with van der Waals surface area (Å²) >= 11 is 0. The van der Waals surface area contributed by atoms with Gasteiger partial charge in [-0.05, 0) is 42.3 Å². The van der Waals surface area contributed by atoms with Gasteiger partial charge in [-0.15, -0.1) is 0 Å². The summed E-state index contributed by atoms with van der Waals surface area (Å²) < 4.78 is 9.31. The number of rotatable bonds is 4. The van der Waals surface area contributed by atoms with Crippen molar-refractivity contribution in [1.29, 1.82) is 0 Å². The van der Waals surface area contributed by atoms with Crippen LogP contribution < -0.4 is 5.32 Å². The zero-order chi connectivity index (χ0) is 18.4. The van der Waals surface area contributed by atoms with Gasteiger partial charge in [0.1, 0.15) is 5.75 Å². The van der Waals surface area contributed by atoms with E-state index in [4.69, 9.17) is 4.74 Å². The minimum absolute atomic E-state index is 0.170. The molecule has 0 radical (unpaired) electrons. The number of amides is 2. The summed E-state index contributed by atoms with van der Waals surface area (Å²) in [5.41, 5.74) is 2.00. The van der Waals surface area contributed by atoms with E-state index in [1.165, 1.54) is 6.92 Å². The van der Waals surface area contributed by atoms with E-state index in [0.29, 0.717) is 0 Å². The number of hydrogen-bond donors (Lipinski definition) is 2. The fourth-order valence-corrected chi connectivity index (χ4v) is 1.99. The molecule has 2 amide bonds. The molecule has 0 aliphatic carbocycles. The first-order valence-electron chi connectivity index (χ1n) is 7.40. The van der Waals surface area contributed by atoms with Gasteiger partial charge in [0, 0.05) is 0 Å². The lowest BCUT2D eigenvalue weighted by Crippen LogP contribution is -2.39. The second kappa shape index (κ2) is 7.96. The Morgan fingerprint density at radius 2 is 1.48 bits per heavy atom. The molecule has 0 heterocycles. The summed E-state index contributed by atoms with van der Waals surface area (Å²) in [4.78, 5) is 34.7. The predicted molar refractivity (Wildman–Crippen MR) is 89.0 cm³/mol. The van der Waals surface area contributed by atoms with Crippen molar-refractivity contribution in [1.82, 2.24) is 5.32 Å². The molecule has 1 atom stereocenters. The number of phenols is 1. The number of carbonyl (C=O) groups is 3. The largest absolute Gasteiger partial charge is 0.508 e. The molecular formula is C18H17NO6. The highest BCUT2D eigenvalue weighted by atomic mass is 16.6. The van der Waals surface area contributed by atoms with Crippen LogP contribution in [-0.4, -0.2) is 36.3 Å². The second-order valence-corrected chi connectivity index (χ2v) is 5.15. The maximum absolute atomic E-state index is 12.1. The number of ether oxygens (including phenoxy) is 2. The minimum Gasteiger partial charge on any atom is -0.508 e. The van der Waals surface area contributed by atoms with E-state index in [0.717, 1.165) is 18.2 Å². The van der Waals surface area contributed by atoms with Crippen LogP contribution in [0.1, 0.15) is 17.3 Å². The smallest absolute Gasteiger partial charge is 0.413 e. The molecular weight excluding hydrogens is 326 g/mol. The molecule has 0 aliphatic rings. The van der Waals surface area contributed by atoms with Crippen LogP contribution in [-0.2, 0) is 14.3 Å². The van der Waals surface area contributed by atoms with Crippen LogP contribution in [0.2, 0.25) is 0 Å². The minimum atomic E-state index is -1.15. The number of benzene rings is 2. The Labute approximate surface area is 144 Å². The number of hydrogen-bond acceptors (Lipinski definition) is 6. The summed E-state index contributed by atoms with van der Waals surface area (Å²) in [5, 5.41) is 11.2. The average Bonchev–Trinajstić information content (AvgIpc) is 2.62. The third-order valence-electron chi connectivity index (χ3n) is 3.38. The fourth-order valence-electron chi connectivity index (χ4n) is 1.99. The van der Waals surface area contributed by atoms with Crippen LogP contribution in [0, 0.1) is 0 Å². The van der Waals surface area contributed by atoms with Gasteiger partial charge in [0.15, 0.2) is 6.10 Å². The first kappa shape index (κ1) is 18.0. The van der Waals surface area contributed by atoms with Crippen LogP contribution in [0.25, 0.3) is 11.1 Å². The van der Waals surface area contributed by atoms with Gasteiger partial charge in [-0.1, -0.05) is 24.3 Å². The summed E-state index contributed by atoms with van der Waals surface area (Å²) in [6.45, 7) is 1.35. The van der Waals surface area contributed by atoms with Crippen molar-refractivity contribution in [2.24, 2.45) is 0 Å². The van der Waals surface area contributed by atoms with E-state index in [9.17, 15) is 19.5 Å². The molecule has 7 nitrogen and oxygen atoms in total. The molecule has 2 N–H and O–H groups in total. The van der Waals surface area contributed by atoms with Crippen LogP contribution >= 0.6 is 0 Å². The number of methoxy groups -OCH3 is 1. The second-order valence-electron chi connectivity index (χ2n) is 5.15. The first-order chi connectivity index (χ1) is 11.9. The van der Waals surface area contributed by atoms with E-state index >= 15 is 0 Å². The number of alkyl carbamates (subject to hydrolysis) is 1. The molecule has 2 rings (SSSR count). The Kier molecular flexibility index (Phi) is 5.73. The average molecular weight is 343 g/mol. The third kappa shape index (κ3) is 4.81. The van der Waals surface area contributed by atoms with Crippen molar-refractivity contribution in [3.8, 4) is 16.9 Å². The molecule has 0 saturated carbocycles. The summed E-state index contributed by atoms with van der Waals surface area (Å²) in [6, 6.07) is 13.2. The Balaban J connectivity index is 2.01. The lowest BCUT2D eigenvalue weighted by molar-refractivity contribution is -0.128. The lowest BCUT2D eigenvalue weighted by atomic mass is 10.0. The maximum atomic E-state index is 12.1. The van der Waals surface area contributed by atoms with Crippen molar-refractivity contribution in [2.75, 3.05) is 7.11 Å². The van der Waals surface area contributed by atoms with E-state index in [1.807, 2.05) is 5.32 Å². The van der Waals surface area contributed by atoms with Crippen molar-refractivity contribution in [2.45, 2.75) is 13.0 Å². The number of esters is 1. The van der Waals surface area contributed by atoms with Crippen LogP contribution in [0.15, 0.2) is 48.5 Å². The van der Waals surface area contributed by atoms with Gasteiger partial charge >= 0.3 is 12.1 Å². The molecule has 0 unspecified atom stereocenters. The van der Waals surface area contributed by atoms with E-state index in [1.54, 1.807) is 48.5 Å². The van der Waals surface area contributed by atoms with E-state index in [2.05, 4.69) is 4.74 Å². The highest BCUT2D eigenvalue weighted by Gasteiger charge is 2.21. The molecule has 0 spiro atoms. The normalized spacial score (nSPS) is 11.3. The topological polar surface area (TPSA) is 102 Å². The number of imide groups is 1. The van der Waals surface area contributed by atoms with Crippen molar-refractivity contribution < 1.29 is 29.0 Å². The van der Waals surface area contributed by atoms with Gasteiger partial charge in [0.2, 0.25) is 0 Å². The quantitative estimate of drug-likeness (QED) is 0.827. The summed E-state index contributed by atoms with van der Waals surface area (Å²) in [6.07, 6.45) is -2.07. The predicted octanol–water partition coefficient (Wildman–Crippen LogP) is 2.49. The van der Waals surface area contributed by atoms with Crippen LogP contribution in [0.3, 0.4) is 0 Å². The molecule has 0 aromatic heterocycles. The van der Waals surface area contributed by atoms with Gasteiger partial charge in [-0.25, -0.2) is 9.59 Å².